The topological polar surface area (TPSA) is 64.6 Å². The molecule has 1 aliphatic rings. The maximum atomic E-state index is 12.7. The van der Waals surface area contributed by atoms with Crippen LogP contribution in [0.3, 0.4) is 0 Å². The van der Waals surface area contributed by atoms with Crippen LogP contribution in [-0.2, 0) is 25.8 Å². The molecule has 1 fully saturated rings. The SMILES string of the molecule is CCONC(C=C1CCC(=O)C(=CCOCc2ccc(C)cc2)C1=O)CC. The first kappa shape index (κ1) is 21.2. The van der Waals surface area contributed by atoms with Crippen LogP contribution >= 0.6 is 0 Å². The molecule has 0 heterocycles. The zero-order valence-corrected chi connectivity index (χ0v) is 16.4. The Bertz CT molecular complexity index is 704. The van der Waals surface area contributed by atoms with E-state index < -0.39 is 0 Å². The van der Waals surface area contributed by atoms with Gasteiger partial charge in [-0.05, 0) is 43.9 Å². The van der Waals surface area contributed by atoms with Crippen LogP contribution in [0.15, 0.2) is 47.6 Å². The number of rotatable bonds is 9. The summed E-state index contributed by atoms with van der Waals surface area (Å²) in [6.45, 7) is 7.19. The Labute approximate surface area is 161 Å². The number of hydrogen-bond acceptors (Lipinski definition) is 5. The first-order chi connectivity index (χ1) is 13.0. The molecule has 1 atom stereocenters. The third-order valence-corrected chi connectivity index (χ3v) is 4.47. The average molecular weight is 371 g/mol. The molecule has 0 aliphatic heterocycles. The standard InChI is InChI=1S/C22H29NO4/c1-4-19(23-27-5-2)14-18-10-11-21(24)20(22(18)25)12-13-26-15-17-8-6-16(3)7-9-17/h6-9,12,14,19,23H,4-5,10-11,13,15H2,1-3H3. The third-order valence-electron chi connectivity index (χ3n) is 4.47. The van der Waals surface area contributed by atoms with E-state index in [-0.39, 0.29) is 29.8 Å². The quantitative estimate of drug-likeness (QED) is 0.311. The van der Waals surface area contributed by atoms with Crippen molar-refractivity contribution in [2.24, 2.45) is 0 Å². The number of allylic oxidation sites excluding steroid dienone is 2. The fraction of sp³-hybridized carbons (Fsp3) is 0.455. The van der Waals surface area contributed by atoms with Gasteiger partial charge < -0.3 is 9.57 Å². The Kier molecular flexibility index (Phi) is 8.58. The maximum Gasteiger partial charge on any atom is 0.192 e. The molecular formula is C22H29NO4. The van der Waals surface area contributed by atoms with Crippen molar-refractivity contribution < 1.29 is 19.2 Å². The number of ketones is 2. The van der Waals surface area contributed by atoms with Crippen molar-refractivity contribution in [1.29, 1.82) is 0 Å². The molecule has 1 unspecified atom stereocenters. The summed E-state index contributed by atoms with van der Waals surface area (Å²) in [5, 5.41) is 0. The first-order valence-corrected chi connectivity index (χ1v) is 9.54. The van der Waals surface area contributed by atoms with Gasteiger partial charge in [-0.25, -0.2) is 0 Å². The minimum Gasteiger partial charge on any atom is -0.373 e. The molecule has 1 aliphatic carbocycles. The number of Topliss-reactive ketones (excluding diaryl/α,β-unsaturated/α-hetero) is 2. The molecule has 0 saturated heterocycles. The van der Waals surface area contributed by atoms with E-state index >= 15 is 0 Å². The first-order valence-electron chi connectivity index (χ1n) is 9.54. The van der Waals surface area contributed by atoms with Gasteiger partial charge in [0, 0.05) is 6.42 Å². The van der Waals surface area contributed by atoms with Crippen molar-refractivity contribution in [3.8, 4) is 0 Å². The highest BCUT2D eigenvalue weighted by atomic mass is 16.6. The Morgan fingerprint density at radius 3 is 2.56 bits per heavy atom. The Balaban J connectivity index is 1.97. The summed E-state index contributed by atoms with van der Waals surface area (Å²) in [6, 6.07) is 8.04. The van der Waals surface area contributed by atoms with Crippen LogP contribution < -0.4 is 5.48 Å². The zero-order valence-electron chi connectivity index (χ0n) is 16.4. The van der Waals surface area contributed by atoms with Crippen LogP contribution in [0, 0.1) is 6.92 Å². The molecule has 27 heavy (non-hydrogen) atoms. The van der Waals surface area contributed by atoms with Gasteiger partial charge in [-0.2, -0.15) is 5.48 Å². The second-order valence-corrected chi connectivity index (χ2v) is 6.63. The molecule has 1 aromatic rings. The van der Waals surface area contributed by atoms with E-state index in [0.29, 0.717) is 31.6 Å². The number of carbonyl (C=O) groups is 2. The van der Waals surface area contributed by atoms with Crippen LogP contribution in [0.2, 0.25) is 0 Å². The normalized spacial score (nSPS) is 19.1. The van der Waals surface area contributed by atoms with Crippen molar-refractivity contribution in [2.45, 2.75) is 52.7 Å². The maximum absolute atomic E-state index is 12.7. The van der Waals surface area contributed by atoms with Gasteiger partial charge in [0.15, 0.2) is 11.6 Å². The average Bonchev–Trinajstić information content (AvgIpc) is 2.67. The van der Waals surface area contributed by atoms with E-state index in [1.54, 1.807) is 6.08 Å². The molecule has 2 rings (SSSR count). The number of hydroxylamine groups is 1. The molecule has 1 aromatic carbocycles. The summed E-state index contributed by atoms with van der Waals surface area (Å²) in [6.07, 6.45) is 5.12. The van der Waals surface area contributed by atoms with Gasteiger partial charge in [0.05, 0.1) is 31.4 Å². The molecule has 5 nitrogen and oxygen atoms in total. The monoisotopic (exact) mass is 371 g/mol. The van der Waals surface area contributed by atoms with Gasteiger partial charge in [0.2, 0.25) is 0 Å². The predicted molar refractivity (Wildman–Crippen MR) is 105 cm³/mol. The van der Waals surface area contributed by atoms with Crippen LogP contribution in [0.1, 0.15) is 44.2 Å². The van der Waals surface area contributed by atoms with Gasteiger partial charge in [-0.15, -0.1) is 0 Å². The molecule has 0 amide bonds. The highest BCUT2D eigenvalue weighted by Crippen LogP contribution is 2.23. The summed E-state index contributed by atoms with van der Waals surface area (Å²) < 4.78 is 5.62. The van der Waals surface area contributed by atoms with Crippen molar-refractivity contribution in [1.82, 2.24) is 5.48 Å². The van der Waals surface area contributed by atoms with Crippen LogP contribution in [0.25, 0.3) is 0 Å². The summed E-state index contributed by atoms with van der Waals surface area (Å²) in [5.74, 6) is -0.302. The van der Waals surface area contributed by atoms with Crippen molar-refractivity contribution in [3.05, 3.63) is 58.7 Å². The minimum atomic E-state index is -0.193. The molecule has 0 aromatic heterocycles. The fourth-order valence-electron chi connectivity index (χ4n) is 2.83. The summed E-state index contributed by atoms with van der Waals surface area (Å²) in [5.41, 5.74) is 6.09. The highest BCUT2D eigenvalue weighted by molar-refractivity contribution is 6.28. The molecule has 0 spiro atoms. The second-order valence-electron chi connectivity index (χ2n) is 6.63. The molecule has 1 saturated carbocycles. The molecule has 0 radical (unpaired) electrons. The fourth-order valence-corrected chi connectivity index (χ4v) is 2.83. The van der Waals surface area contributed by atoms with E-state index in [4.69, 9.17) is 9.57 Å². The smallest absolute Gasteiger partial charge is 0.192 e. The highest BCUT2D eigenvalue weighted by Gasteiger charge is 2.27. The molecular weight excluding hydrogens is 342 g/mol. The van der Waals surface area contributed by atoms with Crippen molar-refractivity contribution in [2.75, 3.05) is 13.2 Å². The van der Waals surface area contributed by atoms with Gasteiger partial charge in [-0.1, -0.05) is 42.8 Å². The van der Waals surface area contributed by atoms with E-state index in [9.17, 15) is 9.59 Å². The lowest BCUT2D eigenvalue weighted by molar-refractivity contribution is -0.121. The number of aryl methyl sites for hydroxylation is 1. The second kappa shape index (κ2) is 10.9. The number of hydrogen-bond donors (Lipinski definition) is 1. The van der Waals surface area contributed by atoms with Crippen LogP contribution in [0.4, 0.5) is 0 Å². The predicted octanol–water partition coefficient (Wildman–Crippen LogP) is 3.62. The lowest BCUT2D eigenvalue weighted by Crippen LogP contribution is -2.29. The molecule has 1 N–H and O–H groups in total. The van der Waals surface area contributed by atoms with Gasteiger partial charge in [-0.3, -0.25) is 9.59 Å². The van der Waals surface area contributed by atoms with E-state index in [0.717, 1.165) is 12.0 Å². The number of ether oxygens (including phenoxy) is 1. The van der Waals surface area contributed by atoms with Crippen molar-refractivity contribution in [3.63, 3.8) is 0 Å². The summed E-state index contributed by atoms with van der Waals surface area (Å²) >= 11 is 0. The lowest BCUT2D eigenvalue weighted by atomic mass is 9.86. The molecule has 146 valence electrons. The Hall–Kier alpha value is -2.08. The van der Waals surface area contributed by atoms with Crippen LogP contribution in [0.5, 0.6) is 0 Å². The lowest BCUT2D eigenvalue weighted by Gasteiger charge is -2.19. The van der Waals surface area contributed by atoms with Gasteiger partial charge in [0.1, 0.15) is 0 Å². The minimum absolute atomic E-state index is 0.0452. The number of benzene rings is 1. The van der Waals surface area contributed by atoms with E-state index in [1.807, 2.05) is 51.1 Å². The van der Waals surface area contributed by atoms with E-state index in [1.165, 1.54) is 5.56 Å². The summed E-state index contributed by atoms with van der Waals surface area (Å²) in [7, 11) is 0. The Morgan fingerprint density at radius 2 is 1.89 bits per heavy atom. The van der Waals surface area contributed by atoms with Crippen molar-refractivity contribution >= 4 is 11.6 Å². The number of nitrogens with one attached hydrogen (secondary N) is 1. The number of carbonyl (C=O) groups excluding carboxylic acids is 2. The summed E-state index contributed by atoms with van der Waals surface area (Å²) in [4.78, 5) is 30.1. The zero-order chi connectivity index (χ0) is 19.6. The van der Waals surface area contributed by atoms with Gasteiger partial charge >= 0.3 is 0 Å². The van der Waals surface area contributed by atoms with E-state index in [2.05, 4.69) is 5.48 Å². The third kappa shape index (κ3) is 6.54. The molecule has 0 bridgehead atoms. The van der Waals surface area contributed by atoms with Crippen LogP contribution in [-0.4, -0.2) is 30.8 Å². The van der Waals surface area contributed by atoms with Gasteiger partial charge in [0.25, 0.3) is 0 Å². The molecule has 5 heteroatoms. The Morgan fingerprint density at radius 1 is 1.15 bits per heavy atom. The largest absolute Gasteiger partial charge is 0.373 e.